The molecule has 0 saturated carbocycles. The molecule has 1 fully saturated rings. The number of hydrogen-bond donors (Lipinski definition) is 1. The highest BCUT2D eigenvalue weighted by Gasteiger charge is 2.48. The maximum atomic E-state index is 13.1. The van der Waals surface area contributed by atoms with E-state index in [1.807, 2.05) is 0 Å². The van der Waals surface area contributed by atoms with Gasteiger partial charge in [0.1, 0.15) is 6.04 Å². The third-order valence-electron chi connectivity index (χ3n) is 4.97. The maximum Gasteiger partial charge on any atom is 0.416 e. The summed E-state index contributed by atoms with van der Waals surface area (Å²) < 4.78 is 64.6. The van der Waals surface area contributed by atoms with Crippen molar-refractivity contribution < 1.29 is 31.5 Å². The zero-order chi connectivity index (χ0) is 22.3. The molecule has 10 heteroatoms. The summed E-state index contributed by atoms with van der Waals surface area (Å²) in [6.45, 7) is 3.48. The molecular formula is C20H20F3NO4S2. The zero-order valence-corrected chi connectivity index (χ0v) is 17.8. The first-order chi connectivity index (χ1) is 13.8. The van der Waals surface area contributed by atoms with E-state index in [9.17, 15) is 31.5 Å². The standard InChI is InChI=1S/C20H20F3NO4S2/c1-19(2)17(18(25)26)24(11-12-29-19)30(27,28)16-9-5-14(6-10-16)13-3-7-15(8-4-13)20(21,22)23/h3-10,17H,11-12H2,1-2H3,(H,25,26). The average molecular weight is 460 g/mol. The minimum atomic E-state index is -4.43. The van der Waals surface area contributed by atoms with Crippen molar-refractivity contribution in [3.05, 3.63) is 54.1 Å². The van der Waals surface area contributed by atoms with E-state index in [0.717, 1.165) is 16.4 Å². The van der Waals surface area contributed by atoms with Crippen LogP contribution in [-0.2, 0) is 21.0 Å². The van der Waals surface area contributed by atoms with E-state index >= 15 is 0 Å². The molecule has 1 heterocycles. The molecule has 2 aromatic rings. The predicted molar refractivity (Wildman–Crippen MR) is 109 cm³/mol. The predicted octanol–water partition coefficient (Wildman–Crippen LogP) is 4.34. The van der Waals surface area contributed by atoms with Crippen molar-refractivity contribution in [3.8, 4) is 11.1 Å². The van der Waals surface area contributed by atoms with Gasteiger partial charge >= 0.3 is 12.1 Å². The Morgan fingerprint density at radius 3 is 2.03 bits per heavy atom. The Morgan fingerprint density at radius 1 is 1.07 bits per heavy atom. The number of carboxylic acids is 1. The highest BCUT2D eigenvalue weighted by Crippen LogP contribution is 2.38. The van der Waals surface area contributed by atoms with Crippen molar-refractivity contribution in [1.82, 2.24) is 4.31 Å². The molecule has 0 aromatic heterocycles. The van der Waals surface area contributed by atoms with Gasteiger partial charge in [0, 0.05) is 17.0 Å². The molecule has 0 spiro atoms. The topological polar surface area (TPSA) is 74.7 Å². The summed E-state index contributed by atoms with van der Waals surface area (Å²) in [6, 6.07) is 9.02. The van der Waals surface area contributed by atoms with Gasteiger partial charge in [-0.25, -0.2) is 8.42 Å². The second kappa shape index (κ2) is 7.90. The number of carbonyl (C=O) groups is 1. The SMILES string of the molecule is CC1(C)SCCN(S(=O)(=O)c2ccc(-c3ccc(C(F)(F)F)cc3)cc2)C1C(=O)O. The molecule has 0 radical (unpaired) electrons. The van der Waals surface area contributed by atoms with E-state index in [-0.39, 0.29) is 11.4 Å². The highest BCUT2D eigenvalue weighted by atomic mass is 32.2. The van der Waals surface area contributed by atoms with Crippen molar-refractivity contribution in [1.29, 1.82) is 0 Å². The van der Waals surface area contributed by atoms with Gasteiger partial charge in [-0.05, 0) is 49.2 Å². The zero-order valence-electron chi connectivity index (χ0n) is 16.2. The molecule has 2 aromatic carbocycles. The van der Waals surface area contributed by atoms with Crippen LogP contribution in [-0.4, -0.2) is 46.9 Å². The number of sulfonamides is 1. The van der Waals surface area contributed by atoms with Gasteiger partial charge in [-0.3, -0.25) is 4.79 Å². The Bertz CT molecular complexity index is 1030. The van der Waals surface area contributed by atoms with Gasteiger partial charge in [0.15, 0.2) is 0 Å². The van der Waals surface area contributed by atoms with Crippen molar-refractivity contribution in [3.63, 3.8) is 0 Å². The number of carboxylic acid groups (broad SMARTS) is 1. The van der Waals surface area contributed by atoms with E-state index < -0.39 is 38.5 Å². The Morgan fingerprint density at radius 2 is 1.57 bits per heavy atom. The molecule has 30 heavy (non-hydrogen) atoms. The van der Waals surface area contributed by atoms with Crippen molar-refractivity contribution >= 4 is 27.8 Å². The fourth-order valence-electron chi connectivity index (χ4n) is 3.44. The summed E-state index contributed by atoms with van der Waals surface area (Å²) in [6.07, 6.45) is -4.43. The normalized spacial score (nSPS) is 20.1. The van der Waals surface area contributed by atoms with Crippen LogP contribution in [0, 0.1) is 0 Å². The number of hydrogen-bond acceptors (Lipinski definition) is 4. The van der Waals surface area contributed by atoms with Gasteiger partial charge in [0.05, 0.1) is 10.5 Å². The average Bonchev–Trinajstić information content (AvgIpc) is 2.66. The van der Waals surface area contributed by atoms with Crippen LogP contribution in [0.3, 0.4) is 0 Å². The number of benzene rings is 2. The Hall–Kier alpha value is -2.04. The van der Waals surface area contributed by atoms with E-state index in [1.54, 1.807) is 13.8 Å². The quantitative estimate of drug-likeness (QED) is 0.736. The summed E-state index contributed by atoms with van der Waals surface area (Å²) in [4.78, 5) is 11.7. The third-order valence-corrected chi connectivity index (χ3v) is 8.21. The molecule has 1 aliphatic rings. The molecule has 1 atom stereocenters. The minimum Gasteiger partial charge on any atom is -0.480 e. The van der Waals surface area contributed by atoms with Gasteiger partial charge in [0.2, 0.25) is 10.0 Å². The van der Waals surface area contributed by atoms with Crippen LogP contribution in [0.4, 0.5) is 13.2 Å². The number of thioether (sulfide) groups is 1. The van der Waals surface area contributed by atoms with Crippen LogP contribution in [0.1, 0.15) is 19.4 Å². The van der Waals surface area contributed by atoms with Crippen LogP contribution in [0.5, 0.6) is 0 Å². The molecule has 1 saturated heterocycles. The summed E-state index contributed by atoms with van der Waals surface area (Å²) in [7, 11) is -4.06. The van der Waals surface area contributed by atoms with Crippen LogP contribution >= 0.6 is 11.8 Å². The first-order valence-corrected chi connectivity index (χ1v) is 11.4. The third kappa shape index (κ3) is 4.35. The molecule has 1 unspecified atom stereocenters. The monoisotopic (exact) mass is 459 g/mol. The van der Waals surface area contributed by atoms with E-state index in [4.69, 9.17) is 0 Å². The molecule has 5 nitrogen and oxygen atoms in total. The summed E-state index contributed by atoms with van der Waals surface area (Å²) in [5.74, 6) is -0.739. The smallest absolute Gasteiger partial charge is 0.416 e. The van der Waals surface area contributed by atoms with Crippen molar-refractivity contribution in [2.75, 3.05) is 12.3 Å². The van der Waals surface area contributed by atoms with Crippen molar-refractivity contribution in [2.24, 2.45) is 0 Å². The van der Waals surface area contributed by atoms with Crippen LogP contribution in [0.15, 0.2) is 53.4 Å². The molecule has 0 aliphatic carbocycles. The van der Waals surface area contributed by atoms with E-state index in [2.05, 4.69) is 0 Å². The maximum absolute atomic E-state index is 13.1. The molecule has 3 rings (SSSR count). The van der Waals surface area contributed by atoms with Gasteiger partial charge < -0.3 is 5.11 Å². The van der Waals surface area contributed by atoms with Gasteiger partial charge in [-0.15, -0.1) is 0 Å². The second-order valence-corrected chi connectivity index (χ2v) is 11.0. The molecule has 0 bridgehead atoms. The Balaban J connectivity index is 1.90. The lowest BCUT2D eigenvalue weighted by atomic mass is 10.0. The number of aliphatic carboxylic acids is 1. The highest BCUT2D eigenvalue weighted by molar-refractivity contribution is 8.00. The Labute approximate surface area is 176 Å². The molecule has 1 aliphatic heterocycles. The lowest BCUT2D eigenvalue weighted by Gasteiger charge is -2.42. The van der Waals surface area contributed by atoms with E-state index in [0.29, 0.717) is 16.9 Å². The summed E-state index contributed by atoms with van der Waals surface area (Å²) in [5, 5.41) is 9.63. The van der Waals surface area contributed by atoms with E-state index in [1.165, 1.54) is 48.2 Å². The van der Waals surface area contributed by atoms with Crippen molar-refractivity contribution in [2.45, 2.75) is 35.7 Å². The fourth-order valence-corrected chi connectivity index (χ4v) is 6.54. The molecular weight excluding hydrogens is 439 g/mol. The van der Waals surface area contributed by atoms with Gasteiger partial charge in [-0.2, -0.15) is 29.2 Å². The first kappa shape index (κ1) is 22.6. The number of nitrogens with zero attached hydrogens (tertiary/aromatic N) is 1. The van der Waals surface area contributed by atoms with Gasteiger partial charge in [0.25, 0.3) is 0 Å². The molecule has 162 valence electrons. The molecule has 1 N–H and O–H groups in total. The number of alkyl halides is 3. The molecule has 0 amide bonds. The lowest BCUT2D eigenvalue weighted by molar-refractivity contribution is -0.142. The lowest BCUT2D eigenvalue weighted by Crippen LogP contribution is -2.58. The minimum absolute atomic E-state index is 0.0629. The second-order valence-electron chi connectivity index (χ2n) is 7.41. The van der Waals surface area contributed by atoms with Crippen LogP contribution < -0.4 is 0 Å². The largest absolute Gasteiger partial charge is 0.480 e. The summed E-state index contributed by atoms with van der Waals surface area (Å²) in [5.41, 5.74) is 0.286. The summed E-state index contributed by atoms with van der Waals surface area (Å²) >= 11 is 1.41. The van der Waals surface area contributed by atoms with Gasteiger partial charge in [-0.1, -0.05) is 24.3 Å². The number of rotatable bonds is 4. The Kier molecular flexibility index (Phi) is 5.96. The number of halogens is 3. The van der Waals surface area contributed by atoms with Crippen LogP contribution in [0.25, 0.3) is 11.1 Å². The fraction of sp³-hybridized carbons (Fsp3) is 0.350. The van der Waals surface area contributed by atoms with Crippen LogP contribution in [0.2, 0.25) is 0 Å². The first-order valence-electron chi connectivity index (χ1n) is 9.00.